The van der Waals surface area contributed by atoms with Gasteiger partial charge in [-0.05, 0) is 30.9 Å². The largest absolute Gasteiger partial charge is 0.481 e. The minimum atomic E-state index is 0.0577. The summed E-state index contributed by atoms with van der Waals surface area (Å²) in [5.41, 5.74) is 3.52. The molecule has 1 aliphatic rings. The van der Waals surface area contributed by atoms with Gasteiger partial charge in [0.2, 0.25) is 5.88 Å². The fourth-order valence-electron chi connectivity index (χ4n) is 3.42. The Hall–Kier alpha value is -2.18. The molecule has 1 N–H and O–H groups in total. The first-order chi connectivity index (χ1) is 12.2. The van der Waals surface area contributed by atoms with Crippen LogP contribution in [0.4, 0.5) is 0 Å². The lowest BCUT2D eigenvalue weighted by atomic mass is 9.91. The van der Waals surface area contributed by atoms with Crippen molar-refractivity contribution >= 4 is 0 Å². The molecule has 0 amide bonds. The Labute approximate surface area is 147 Å². The second-order valence-electron chi connectivity index (χ2n) is 6.28. The van der Waals surface area contributed by atoms with Gasteiger partial charge in [-0.2, -0.15) is 0 Å². The van der Waals surface area contributed by atoms with E-state index < -0.39 is 0 Å². The Morgan fingerprint density at radius 1 is 1.32 bits per heavy atom. The fraction of sp³-hybridized carbons (Fsp3) is 0.474. The van der Waals surface area contributed by atoms with Gasteiger partial charge in [0.1, 0.15) is 0 Å². The topological polar surface area (TPSA) is 65.4 Å². The van der Waals surface area contributed by atoms with Crippen LogP contribution in [0.5, 0.6) is 5.88 Å². The van der Waals surface area contributed by atoms with Crippen molar-refractivity contribution in [3.05, 3.63) is 57.6 Å². The van der Waals surface area contributed by atoms with Crippen molar-refractivity contribution in [2.24, 2.45) is 0 Å². The van der Waals surface area contributed by atoms with Crippen molar-refractivity contribution in [1.29, 1.82) is 0 Å². The van der Waals surface area contributed by atoms with E-state index in [0.717, 1.165) is 37.1 Å². The Kier molecular flexibility index (Phi) is 5.83. The standard InChI is InChI=1S/C19H25N3O3/c1-24-11-10-22-17-7-6-16(12-14(17)5-8-18(22)23)21-13-15-4-3-9-20-19(15)25-2/h3-5,8-9,16,21H,6-7,10-13H2,1-2H3/t16-/m1/s1. The number of rotatable bonds is 7. The highest BCUT2D eigenvalue weighted by atomic mass is 16.5. The third-order valence-electron chi connectivity index (χ3n) is 4.73. The van der Waals surface area contributed by atoms with Gasteiger partial charge in [-0.25, -0.2) is 4.98 Å². The number of methoxy groups -OCH3 is 2. The molecule has 0 saturated carbocycles. The van der Waals surface area contributed by atoms with Crippen LogP contribution < -0.4 is 15.6 Å². The van der Waals surface area contributed by atoms with Gasteiger partial charge < -0.3 is 19.4 Å². The Balaban J connectivity index is 1.68. The van der Waals surface area contributed by atoms with Gasteiger partial charge in [0.05, 0.1) is 13.7 Å². The van der Waals surface area contributed by atoms with Crippen LogP contribution in [0.3, 0.4) is 0 Å². The fourth-order valence-corrected chi connectivity index (χ4v) is 3.42. The first-order valence-corrected chi connectivity index (χ1v) is 8.64. The number of nitrogens with one attached hydrogen (secondary N) is 1. The van der Waals surface area contributed by atoms with Gasteiger partial charge >= 0.3 is 0 Å². The molecular weight excluding hydrogens is 318 g/mol. The number of nitrogens with zero attached hydrogens (tertiary/aromatic N) is 2. The smallest absolute Gasteiger partial charge is 0.250 e. The summed E-state index contributed by atoms with van der Waals surface area (Å²) < 4.78 is 12.3. The van der Waals surface area contributed by atoms with Crippen LogP contribution in [0.25, 0.3) is 0 Å². The lowest BCUT2D eigenvalue weighted by Crippen LogP contribution is -2.37. The molecule has 0 fully saturated rings. The van der Waals surface area contributed by atoms with E-state index in [-0.39, 0.29) is 5.56 Å². The zero-order valence-electron chi connectivity index (χ0n) is 14.8. The van der Waals surface area contributed by atoms with Crippen molar-refractivity contribution in [3.8, 4) is 5.88 Å². The van der Waals surface area contributed by atoms with Crippen LogP contribution >= 0.6 is 0 Å². The highest BCUT2D eigenvalue weighted by Crippen LogP contribution is 2.21. The van der Waals surface area contributed by atoms with E-state index in [1.54, 1.807) is 26.5 Å². The van der Waals surface area contributed by atoms with Gasteiger partial charge in [0, 0.05) is 49.8 Å². The highest BCUT2D eigenvalue weighted by Gasteiger charge is 2.21. The maximum atomic E-state index is 12.1. The Bertz CT molecular complexity index is 773. The molecule has 2 aromatic rings. The van der Waals surface area contributed by atoms with E-state index in [2.05, 4.69) is 10.3 Å². The molecule has 3 rings (SSSR count). The Morgan fingerprint density at radius 2 is 2.20 bits per heavy atom. The van der Waals surface area contributed by atoms with Gasteiger partial charge in [0.15, 0.2) is 0 Å². The average molecular weight is 343 g/mol. The summed E-state index contributed by atoms with van der Waals surface area (Å²) in [5.74, 6) is 0.666. The second kappa shape index (κ2) is 8.27. The number of hydrogen-bond acceptors (Lipinski definition) is 5. The first kappa shape index (κ1) is 17.6. The van der Waals surface area contributed by atoms with E-state index in [1.165, 1.54) is 5.56 Å². The van der Waals surface area contributed by atoms with E-state index in [0.29, 0.717) is 25.1 Å². The van der Waals surface area contributed by atoms with E-state index in [4.69, 9.17) is 9.47 Å². The number of pyridine rings is 2. The molecule has 0 aliphatic heterocycles. The minimum Gasteiger partial charge on any atom is -0.481 e. The normalized spacial score (nSPS) is 16.5. The summed E-state index contributed by atoms with van der Waals surface area (Å²) in [5, 5.41) is 3.60. The Morgan fingerprint density at radius 3 is 3.00 bits per heavy atom. The number of aromatic nitrogens is 2. The molecule has 2 aromatic heterocycles. The van der Waals surface area contributed by atoms with Crippen molar-refractivity contribution in [3.63, 3.8) is 0 Å². The summed E-state index contributed by atoms with van der Waals surface area (Å²) in [4.78, 5) is 16.4. The zero-order chi connectivity index (χ0) is 17.6. The molecule has 0 saturated heterocycles. The van der Waals surface area contributed by atoms with E-state index in [9.17, 15) is 4.79 Å². The lowest BCUT2D eigenvalue weighted by molar-refractivity contribution is 0.184. The van der Waals surface area contributed by atoms with Gasteiger partial charge in [-0.15, -0.1) is 0 Å². The molecule has 2 heterocycles. The minimum absolute atomic E-state index is 0.0577. The van der Waals surface area contributed by atoms with Crippen molar-refractivity contribution < 1.29 is 9.47 Å². The van der Waals surface area contributed by atoms with Crippen LogP contribution in [0.1, 0.15) is 23.2 Å². The highest BCUT2D eigenvalue weighted by molar-refractivity contribution is 5.27. The van der Waals surface area contributed by atoms with Gasteiger partial charge in [0.25, 0.3) is 5.56 Å². The zero-order valence-corrected chi connectivity index (χ0v) is 14.8. The molecular formula is C19H25N3O3. The molecule has 6 heteroatoms. The predicted molar refractivity (Wildman–Crippen MR) is 96.0 cm³/mol. The maximum Gasteiger partial charge on any atom is 0.250 e. The first-order valence-electron chi connectivity index (χ1n) is 8.64. The van der Waals surface area contributed by atoms with Crippen LogP contribution in [-0.2, 0) is 30.7 Å². The molecule has 1 atom stereocenters. The lowest BCUT2D eigenvalue weighted by Gasteiger charge is -2.28. The number of fused-ring (bicyclic) bond motifs is 1. The molecule has 134 valence electrons. The summed E-state index contributed by atoms with van der Waals surface area (Å²) in [6.45, 7) is 1.89. The van der Waals surface area contributed by atoms with E-state index in [1.807, 2.05) is 22.8 Å². The predicted octanol–water partition coefficient (Wildman–Crippen LogP) is 1.55. The second-order valence-corrected chi connectivity index (χ2v) is 6.28. The van der Waals surface area contributed by atoms with Crippen molar-refractivity contribution in [2.45, 2.75) is 38.4 Å². The summed E-state index contributed by atoms with van der Waals surface area (Å²) >= 11 is 0. The van der Waals surface area contributed by atoms with Crippen LogP contribution in [0, 0.1) is 0 Å². The molecule has 0 radical (unpaired) electrons. The third-order valence-corrected chi connectivity index (χ3v) is 4.73. The maximum absolute atomic E-state index is 12.1. The number of ether oxygens (including phenoxy) is 2. The van der Waals surface area contributed by atoms with Crippen LogP contribution in [0.2, 0.25) is 0 Å². The number of hydrogen-bond donors (Lipinski definition) is 1. The van der Waals surface area contributed by atoms with Crippen molar-refractivity contribution in [1.82, 2.24) is 14.9 Å². The summed E-state index contributed by atoms with van der Waals surface area (Å²) in [7, 11) is 3.30. The van der Waals surface area contributed by atoms with Crippen LogP contribution in [-0.4, -0.2) is 36.4 Å². The summed E-state index contributed by atoms with van der Waals surface area (Å²) in [6.07, 6.45) is 4.56. The SMILES string of the molecule is COCCn1c2c(ccc1=O)C[C@H](NCc1cccnc1OC)CC2. The van der Waals surface area contributed by atoms with Crippen LogP contribution in [0.15, 0.2) is 35.3 Å². The molecule has 0 bridgehead atoms. The van der Waals surface area contributed by atoms with E-state index >= 15 is 0 Å². The quantitative estimate of drug-likeness (QED) is 0.826. The third kappa shape index (κ3) is 4.08. The average Bonchev–Trinajstić information content (AvgIpc) is 2.65. The molecule has 0 spiro atoms. The molecule has 0 aromatic carbocycles. The molecule has 25 heavy (non-hydrogen) atoms. The molecule has 0 unspecified atom stereocenters. The molecule has 6 nitrogen and oxygen atoms in total. The summed E-state index contributed by atoms with van der Waals surface area (Å²) in [6, 6.07) is 7.97. The van der Waals surface area contributed by atoms with Gasteiger partial charge in [-0.3, -0.25) is 4.79 Å². The van der Waals surface area contributed by atoms with Crippen molar-refractivity contribution in [2.75, 3.05) is 20.8 Å². The monoisotopic (exact) mass is 343 g/mol. The van der Waals surface area contributed by atoms with Gasteiger partial charge in [-0.1, -0.05) is 12.1 Å². The molecule has 1 aliphatic carbocycles.